The summed E-state index contributed by atoms with van der Waals surface area (Å²) >= 11 is 0. The van der Waals surface area contributed by atoms with Crippen LogP contribution in [0, 0.1) is 13.8 Å². The molecule has 1 atom stereocenters. The number of likely N-dealkylation sites (tertiary alicyclic amines) is 1. The zero-order chi connectivity index (χ0) is 23.8. The zero-order valence-corrected chi connectivity index (χ0v) is 19.1. The highest BCUT2D eigenvalue weighted by Crippen LogP contribution is 2.39. The summed E-state index contributed by atoms with van der Waals surface area (Å²) < 4.78 is 3.65. The Hall–Kier alpha value is -4.20. The van der Waals surface area contributed by atoms with Gasteiger partial charge in [0.15, 0.2) is 0 Å². The Morgan fingerprint density at radius 2 is 1.94 bits per heavy atom. The van der Waals surface area contributed by atoms with E-state index in [1.165, 1.54) is 4.90 Å². The number of aryl methyl sites for hydroxylation is 3. The number of Topliss-reactive ketones (excluding diaryl/α,β-unsaturated/α-hetero) is 1. The first-order valence-corrected chi connectivity index (χ1v) is 11.2. The third kappa shape index (κ3) is 3.67. The number of carbonyl (C=O) groups excluding carboxylic acids is 2. The van der Waals surface area contributed by atoms with Crippen LogP contribution in [0.3, 0.4) is 0 Å². The number of nitrogens with zero attached hydrogens (tertiary/aromatic N) is 4. The lowest BCUT2D eigenvalue weighted by Crippen LogP contribution is -2.36. The summed E-state index contributed by atoms with van der Waals surface area (Å²) in [5.41, 5.74) is 3.24. The maximum atomic E-state index is 13.8. The molecule has 1 fully saturated rings. The fraction of sp³-hybridized carbons (Fsp3) is 0.231. The Balaban J connectivity index is 1.60. The first-order chi connectivity index (χ1) is 16.5. The van der Waals surface area contributed by atoms with Crippen molar-refractivity contribution in [3.8, 4) is 0 Å². The number of fused-ring (bicyclic) bond motifs is 1. The summed E-state index contributed by atoms with van der Waals surface area (Å²) in [6.07, 6.45) is 7.95. The minimum atomic E-state index is -0.741. The number of imidazole rings is 2. The summed E-state index contributed by atoms with van der Waals surface area (Å²) in [6, 6.07) is 12.3. The average molecular weight is 456 g/mol. The van der Waals surface area contributed by atoms with Gasteiger partial charge < -0.3 is 14.4 Å². The van der Waals surface area contributed by atoms with Crippen LogP contribution >= 0.6 is 0 Å². The van der Waals surface area contributed by atoms with Crippen molar-refractivity contribution >= 4 is 23.1 Å². The van der Waals surface area contributed by atoms with Crippen LogP contribution in [0.1, 0.15) is 35.0 Å². The van der Waals surface area contributed by atoms with Gasteiger partial charge >= 0.3 is 0 Å². The highest BCUT2D eigenvalue weighted by molar-refractivity contribution is 6.46. The molecular weight excluding hydrogens is 430 g/mol. The monoisotopic (exact) mass is 455 g/mol. The number of nitrogens with one attached hydrogen (secondary N) is 1. The van der Waals surface area contributed by atoms with E-state index in [1.54, 1.807) is 29.7 Å². The molecule has 1 saturated heterocycles. The minimum absolute atomic E-state index is 0.0168. The van der Waals surface area contributed by atoms with Gasteiger partial charge in [0.25, 0.3) is 5.91 Å². The van der Waals surface area contributed by atoms with Crippen molar-refractivity contribution in [2.45, 2.75) is 32.9 Å². The first-order valence-electron chi connectivity index (χ1n) is 11.2. The fourth-order valence-corrected chi connectivity index (χ4v) is 4.59. The topological polar surface area (TPSA) is 97.4 Å². The van der Waals surface area contributed by atoms with Gasteiger partial charge in [-0.1, -0.05) is 41.7 Å². The average Bonchev–Trinajstić information content (AvgIpc) is 3.52. The Morgan fingerprint density at radius 1 is 1.15 bits per heavy atom. The molecule has 1 N–H and O–H groups in total. The van der Waals surface area contributed by atoms with Crippen molar-refractivity contribution in [3.63, 3.8) is 0 Å². The fourth-order valence-electron chi connectivity index (χ4n) is 4.59. The lowest BCUT2D eigenvalue weighted by atomic mass is 9.95. The van der Waals surface area contributed by atoms with Crippen LogP contribution in [0.5, 0.6) is 0 Å². The van der Waals surface area contributed by atoms with E-state index < -0.39 is 23.5 Å². The van der Waals surface area contributed by atoms with Crippen molar-refractivity contribution in [2.75, 3.05) is 6.54 Å². The van der Waals surface area contributed by atoms with Crippen molar-refractivity contribution < 1.29 is 19.3 Å². The standard InChI is InChI=1S/C26H25N5O3/c1-17-7-9-19(10-8-17)23-21(24(32)22-18(2)28-20-6-3-4-13-30(20)22)25(33)26(34)31(23)14-5-12-29-15-11-27-16-29/h3-4,6-11,13,15-16,23H,5,12,14H2,1-2H3,(H,32,33). The van der Waals surface area contributed by atoms with Crippen LogP contribution in [0.4, 0.5) is 0 Å². The number of pyridine rings is 1. The number of hydrogen-bond acceptors (Lipinski definition) is 4. The van der Waals surface area contributed by atoms with E-state index in [1.807, 2.05) is 60.5 Å². The molecule has 4 heterocycles. The van der Waals surface area contributed by atoms with Crippen LogP contribution < -0.4 is 9.67 Å². The lowest BCUT2D eigenvalue weighted by molar-refractivity contribution is -0.695. The highest BCUT2D eigenvalue weighted by Gasteiger charge is 2.44. The summed E-state index contributed by atoms with van der Waals surface area (Å²) in [4.78, 5) is 35.4. The third-order valence-electron chi connectivity index (χ3n) is 6.26. The van der Waals surface area contributed by atoms with Gasteiger partial charge in [0, 0.05) is 24.7 Å². The minimum Gasteiger partial charge on any atom is -0.871 e. The van der Waals surface area contributed by atoms with Crippen molar-refractivity contribution in [1.82, 2.24) is 19.3 Å². The van der Waals surface area contributed by atoms with E-state index in [0.717, 1.165) is 11.1 Å². The van der Waals surface area contributed by atoms with Gasteiger partial charge in [-0.15, -0.1) is 0 Å². The largest absolute Gasteiger partial charge is 0.871 e. The van der Waals surface area contributed by atoms with Crippen LogP contribution in [0.25, 0.3) is 11.4 Å². The number of ketones is 1. The third-order valence-corrected chi connectivity index (χ3v) is 6.26. The SMILES string of the molecule is Cc1ccc(C2C(=C([O-])c3c(C)nc4ccccn34)C(=O)C(=O)N2CCC[n+]2cc[nH]c2)cc1. The van der Waals surface area contributed by atoms with E-state index in [4.69, 9.17) is 0 Å². The molecule has 1 aliphatic rings. The predicted octanol–water partition coefficient (Wildman–Crippen LogP) is 1.88. The van der Waals surface area contributed by atoms with Gasteiger partial charge in [-0.3, -0.25) is 14.6 Å². The number of amides is 1. The molecular formula is C26H25N5O3. The van der Waals surface area contributed by atoms with Crippen molar-refractivity contribution in [2.24, 2.45) is 0 Å². The van der Waals surface area contributed by atoms with Gasteiger partial charge in [-0.2, -0.15) is 0 Å². The summed E-state index contributed by atoms with van der Waals surface area (Å²) in [5.74, 6) is -1.84. The second-order valence-corrected chi connectivity index (χ2v) is 8.56. The number of carbonyl (C=O) groups is 2. The van der Waals surface area contributed by atoms with Gasteiger partial charge in [0.1, 0.15) is 18.0 Å². The van der Waals surface area contributed by atoms with E-state index >= 15 is 0 Å². The molecule has 172 valence electrons. The Kier molecular flexibility index (Phi) is 5.49. The zero-order valence-electron chi connectivity index (χ0n) is 19.1. The van der Waals surface area contributed by atoms with Crippen LogP contribution in [-0.2, 0) is 16.1 Å². The summed E-state index contributed by atoms with van der Waals surface area (Å²) in [7, 11) is 0. The van der Waals surface area contributed by atoms with Crippen molar-refractivity contribution in [1.29, 1.82) is 0 Å². The normalized spacial score (nSPS) is 17.7. The van der Waals surface area contributed by atoms with Gasteiger partial charge in [0.05, 0.1) is 24.0 Å². The van der Waals surface area contributed by atoms with Crippen molar-refractivity contribution in [3.05, 3.63) is 95.5 Å². The molecule has 3 aromatic heterocycles. The van der Waals surface area contributed by atoms with Crippen LogP contribution in [0.15, 0.2) is 73.0 Å². The second-order valence-electron chi connectivity index (χ2n) is 8.56. The molecule has 1 aromatic carbocycles. The first kappa shape index (κ1) is 21.6. The van der Waals surface area contributed by atoms with Gasteiger partial charge in [0.2, 0.25) is 12.1 Å². The number of H-pyrrole nitrogens is 1. The molecule has 0 bridgehead atoms. The molecule has 4 aromatic rings. The molecule has 0 aliphatic carbocycles. The maximum absolute atomic E-state index is 13.8. The highest BCUT2D eigenvalue weighted by atomic mass is 16.3. The number of rotatable bonds is 6. The molecule has 8 heteroatoms. The Morgan fingerprint density at radius 3 is 2.68 bits per heavy atom. The number of hydrogen-bond donors (Lipinski definition) is 1. The van der Waals surface area contributed by atoms with Gasteiger partial charge in [-0.05, 0) is 31.5 Å². The number of benzene rings is 1. The predicted molar refractivity (Wildman–Crippen MR) is 123 cm³/mol. The Labute approximate surface area is 196 Å². The molecule has 5 rings (SSSR count). The van der Waals surface area contributed by atoms with E-state index in [2.05, 4.69) is 9.97 Å². The Bertz CT molecular complexity index is 1400. The second kappa shape index (κ2) is 8.62. The van der Waals surface area contributed by atoms with Crippen LogP contribution in [0.2, 0.25) is 0 Å². The molecule has 1 aliphatic heterocycles. The molecule has 34 heavy (non-hydrogen) atoms. The molecule has 0 radical (unpaired) electrons. The maximum Gasteiger partial charge on any atom is 0.295 e. The van der Waals surface area contributed by atoms with E-state index in [0.29, 0.717) is 36.5 Å². The number of aromatic amines is 1. The molecule has 0 saturated carbocycles. The van der Waals surface area contributed by atoms with Gasteiger partial charge in [-0.25, -0.2) is 9.55 Å². The molecule has 1 unspecified atom stereocenters. The lowest BCUT2D eigenvalue weighted by Gasteiger charge is -2.27. The molecule has 8 nitrogen and oxygen atoms in total. The smallest absolute Gasteiger partial charge is 0.295 e. The molecule has 1 amide bonds. The van der Waals surface area contributed by atoms with E-state index in [9.17, 15) is 14.7 Å². The summed E-state index contributed by atoms with van der Waals surface area (Å²) in [6.45, 7) is 4.74. The summed E-state index contributed by atoms with van der Waals surface area (Å²) in [5, 5.41) is 13.8. The molecule has 0 spiro atoms. The van der Waals surface area contributed by atoms with E-state index in [-0.39, 0.29) is 5.57 Å². The number of aromatic nitrogens is 4. The quantitative estimate of drug-likeness (QED) is 0.208. The van der Waals surface area contributed by atoms with Crippen LogP contribution in [-0.4, -0.2) is 37.5 Å².